The van der Waals surface area contributed by atoms with Crippen molar-refractivity contribution >= 4 is 49.7 Å². The minimum Gasteiger partial charge on any atom is -0.465 e. The maximum Gasteiger partial charge on any atom is 0.366 e. The fourth-order valence-corrected chi connectivity index (χ4v) is 15.0. The molecule has 4 aliphatic rings. The molecule has 0 aliphatic carbocycles. The zero-order chi connectivity index (χ0) is 84.3. The van der Waals surface area contributed by atoms with Crippen LogP contribution in [-0.2, 0) is 163 Å². The van der Waals surface area contributed by atoms with Crippen molar-refractivity contribution in [2.24, 2.45) is 0 Å². The van der Waals surface area contributed by atoms with Gasteiger partial charge in [-0.1, -0.05) is 202 Å². The first-order valence-electron chi connectivity index (χ1n) is 39.4. The van der Waals surface area contributed by atoms with E-state index in [0.29, 0.717) is 12.2 Å². The van der Waals surface area contributed by atoms with Crippen LogP contribution in [0.1, 0.15) is 81.3 Å². The van der Waals surface area contributed by atoms with Crippen molar-refractivity contribution in [2.45, 2.75) is 242 Å². The van der Waals surface area contributed by atoms with E-state index >= 15 is 0 Å². The largest absolute Gasteiger partial charge is 0.465 e. The predicted octanol–water partition coefficient (Wildman–Crippen LogP) is 7.83. The van der Waals surface area contributed by atoms with Crippen molar-refractivity contribution in [1.82, 2.24) is 10.6 Å². The zero-order valence-corrected chi connectivity index (χ0v) is 69.1. The van der Waals surface area contributed by atoms with Crippen molar-refractivity contribution in [3.8, 4) is 0 Å². The number of benzene rings is 6. The number of hydrogen-bond acceptors (Lipinski definition) is 28. The summed E-state index contributed by atoms with van der Waals surface area (Å²) < 4.78 is 127. The highest BCUT2D eigenvalue weighted by atomic mass is 28.3. The van der Waals surface area contributed by atoms with E-state index in [9.17, 15) is 43.8 Å². The van der Waals surface area contributed by atoms with Crippen molar-refractivity contribution in [1.29, 1.82) is 0 Å². The summed E-state index contributed by atoms with van der Waals surface area (Å²) in [6.45, 7) is 11.5. The molecule has 0 radical (unpaired) electrons. The van der Waals surface area contributed by atoms with E-state index in [-0.39, 0.29) is 52.9 Å². The third-order valence-electron chi connectivity index (χ3n) is 19.9. The summed E-state index contributed by atoms with van der Waals surface area (Å²) in [5.74, 6) is -9.47. The molecule has 0 aromatic heterocycles. The molecule has 4 N–H and O–H groups in total. The molecule has 0 unspecified atom stereocenters. The third kappa shape index (κ3) is 27.1. The lowest BCUT2D eigenvalue weighted by Gasteiger charge is -2.51. The molecule has 6 aromatic rings. The molecule has 0 saturated carbocycles. The summed E-state index contributed by atoms with van der Waals surface area (Å²) in [4.78, 5) is 93.2. The molecule has 4 aliphatic heterocycles. The number of aliphatic hydroxyl groups excluding tert-OH is 2. The third-order valence-corrected chi connectivity index (χ3v) is 21.6. The topological polar surface area (TPSA) is 359 Å². The van der Waals surface area contributed by atoms with Crippen LogP contribution in [0.3, 0.4) is 0 Å². The van der Waals surface area contributed by atoms with Gasteiger partial charge in [0, 0.05) is 56.2 Å². The van der Waals surface area contributed by atoms with Crippen molar-refractivity contribution in [3.05, 3.63) is 215 Å². The van der Waals surface area contributed by atoms with Crippen LogP contribution in [0.2, 0.25) is 25.7 Å². The average Bonchev–Trinajstić information content (AvgIpc) is 0.758. The molecule has 31 heteroatoms. The van der Waals surface area contributed by atoms with Gasteiger partial charge >= 0.3 is 29.8 Å². The number of amides is 2. The smallest absolute Gasteiger partial charge is 0.366 e. The first kappa shape index (κ1) is 91.5. The van der Waals surface area contributed by atoms with Gasteiger partial charge in [-0.15, -0.1) is 0 Å². The highest BCUT2D eigenvalue weighted by Crippen LogP contribution is 2.42. The molecule has 10 rings (SSSR count). The molecule has 6 aromatic carbocycles. The molecular weight excluding hydrogens is 1550 g/mol. The Morgan fingerprint density at radius 1 is 0.458 bits per heavy atom. The van der Waals surface area contributed by atoms with E-state index in [1.807, 2.05) is 182 Å². The van der Waals surface area contributed by atoms with Gasteiger partial charge in [0.15, 0.2) is 31.1 Å². The second-order valence-electron chi connectivity index (χ2n) is 30.5. The van der Waals surface area contributed by atoms with Crippen molar-refractivity contribution in [3.63, 3.8) is 0 Å². The SMILES string of the molecule is COC(=O)[C@@]1(OC[C@H]2O[C@@H](O[C@@H]3[C@H](OCc4ccccc4)[C@@H](OCc4ccccc4)[C@H](O[C@H]4[C@H](OCc5ccccc5)[C@@H](OCc5ccccc5)[C@H](OCC[Si](C)(C)C)O[C@@H]4COCc4ccccc4)O[C@@H]3COCc3ccccc3)[C@H](NC(C)=O)[C@@H](O)[C@H]2O)C[C@H](OC(C)=O)[C@@H](NC(C)=O)[C@H]([C@H](OC(C)=O)[C@@H](COC(C)=O)OC(C)=O)O1. The molecule has 30 nitrogen and oxygen atoms in total. The summed E-state index contributed by atoms with van der Waals surface area (Å²) in [6.07, 6.45) is -28.3. The lowest BCUT2D eigenvalue weighted by Crippen LogP contribution is -2.70. The van der Waals surface area contributed by atoms with Crippen molar-refractivity contribution < 1.29 is 134 Å². The summed E-state index contributed by atoms with van der Waals surface area (Å²) >= 11 is 0. The summed E-state index contributed by atoms with van der Waals surface area (Å²) in [7, 11) is -0.764. The number of hydrogen-bond donors (Lipinski definition) is 4. The standard InChI is InChI=1S/C87H110N2O28Si/c1-54(90)88-71-66(109-57(4)93)43-87(86(98)99-7,117-78(71)75(111-59(6)95)70(110-58(5)94)52-103-56(3)92)108-53-67-73(96)74(97)72(89-55(2)91)83(112-67)115-76-69(51-101-45-61-31-19-12-20-32-61)114-85(82(107-49-65-39-27-16-28-40-65)80(76)105-47-63-35-23-14-24-36-63)116-77-68(50-100-44-60-29-17-11-18-30-60)113-84(102-41-42-118(8,9)10)81(106-48-64-37-25-15-26-38-64)79(77)104-46-62-33-21-13-22-34-62/h11-40,66-85,96-97H,41-53H2,1-10H3,(H,88,90)(H,89,91)/t66-,67+,68+,69+,70+,71+,72+,73-,74+,75+,76-,77+,78+,79-,80-,81+,82+,83-,84+,85-,87+/m0/s1. The summed E-state index contributed by atoms with van der Waals surface area (Å²) in [5, 5.41) is 30.4. The fourth-order valence-electron chi connectivity index (χ4n) is 14.3. The van der Waals surface area contributed by atoms with Crippen LogP contribution in [0.4, 0.5) is 0 Å². The number of methoxy groups -OCH3 is 1. The Balaban J connectivity index is 1.10. The molecule has 4 saturated heterocycles. The summed E-state index contributed by atoms with van der Waals surface area (Å²) in [5.41, 5.74) is 4.77. The quantitative estimate of drug-likeness (QED) is 0.0161. The van der Waals surface area contributed by atoms with Crippen LogP contribution in [-0.4, -0.2) is 228 Å². The van der Waals surface area contributed by atoms with Crippen LogP contribution in [0.25, 0.3) is 0 Å². The molecular formula is C87H110N2O28Si. The number of nitrogens with one attached hydrogen (secondary N) is 2. The summed E-state index contributed by atoms with van der Waals surface area (Å²) in [6, 6.07) is 54.5. The number of carbonyl (C=O) groups excluding carboxylic acids is 7. The first-order chi connectivity index (χ1) is 56.7. The maximum atomic E-state index is 14.8. The fraction of sp³-hybridized carbons (Fsp3) is 0.506. The Bertz CT molecular complexity index is 4090. The van der Waals surface area contributed by atoms with Gasteiger partial charge in [0.2, 0.25) is 11.8 Å². The van der Waals surface area contributed by atoms with Crippen LogP contribution in [0.5, 0.6) is 0 Å². The van der Waals surface area contributed by atoms with Gasteiger partial charge in [0.1, 0.15) is 92.0 Å². The molecule has 2 amide bonds. The Hall–Kier alpha value is -8.81. The second-order valence-corrected chi connectivity index (χ2v) is 36.1. The lowest BCUT2D eigenvalue weighted by atomic mass is 9.87. The highest BCUT2D eigenvalue weighted by molar-refractivity contribution is 6.76. The van der Waals surface area contributed by atoms with Crippen LogP contribution in [0.15, 0.2) is 182 Å². The van der Waals surface area contributed by atoms with E-state index < -0.39 is 198 Å². The van der Waals surface area contributed by atoms with E-state index in [2.05, 4.69) is 30.3 Å². The Morgan fingerprint density at radius 2 is 0.864 bits per heavy atom. The minimum atomic E-state index is -2.85. The Kier molecular flexibility index (Phi) is 34.9. The van der Waals surface area contributed by atoms with Crippen LogP contribution in [0, 0.1) is 0 Å². The minimum absolute atomic E-state index is 0.0281. The number of aliphatic hydroxyl groups is 2. The predicted molar refractivity (Wildman–Crippen MR) is 423 cm³/mol. The normalized spacial score (nSPS) is 27.6. The number of carbonyl (C=O) groups is 7. The molecule has 0 bridgehead atoms. The van der Waals surface area contributed by atoms with Gasteiger partial charge in [0.05, 0.1) is 79.0 Å². The lowest BCUT2D eigenvalue weighted by molar-refractivity contribution is -0.389. The molecule has 21 atom stereocenters. The van der Waals surface area contributed by atoms with Gasteiger partial charge in [-0.2, -0.15) is 0 Å². The van der Waals surface area contributed by atoms with Crippen molar-refractivity contribution in [2.75, 3.05) is 40.1 Å². The highest BCUT2D eigenvalue weighted by Gasteiger charge is 2.62. The number of rotatable bonds is 41. The van der Waals surface area contributed by atoms with Gasteiger partial charge in [-0.25, -0.2) is 4.79 Å². The van der Waals surface area contributed by atoms with Crippen LogP contribution >= 0.6 is 0 Å². The monoisotopic (exact) mass is 1660 g/mol. The van der Waals surface area contributed by atoms with E-state index in [1.165, 1.54) is 6.92 Å². The number of ether oxygens (including phenoxy) is 19. The number of esters is 5. The Morgan fingerprint density at radius 3 is 1.28 bits per heavy atom. The van der Waals surface area contributed by atoms with E-state index in [0.717, 1.165) is 75.6 Å². The molecule has 4 heterocycles. The average molecular weight is 1660 g/mol. The molecule has 0 spiro atoms. The molecule has 118 heavy (non-hydrogen) atoms. The second kappa shape index (κ2) is 45.0. The molecule has 640 valence electrons. The van der Waals surface area contributed by atoms with Gasteiger partial charge in [0.25, 0.3) is 5.79 Å². The zero-order valence-electron chi connectivity index (χ0n) is 68.1. The van der Waals surface area contributed by atoms with Gasteiger partial charge in [-0.05, 0) is 39.4 Å². The van der Waals surface area contributed by atoms with Gasteiger partial charge in [-0.3, -0.25) is 28.8 Å². The molecule has 4 fully saturated rings. The van der Waals surface area contributed by atoms with E-state index in [4.69, 9.17) is 90.0 Å². The maximum absolute atomic E-state index is 14.8. The van der Waals surface area contributed by atoms with Gasteiger partial charge < -0.3 is 111 Å². The Labute approximate surface area is 688 Å². The van der Waals surface area contributed by atoms with E-state index in [1.54, 1.807) is 0 Å². The van der Waals surface area contributed by atoms with Crippen LogP contribution < -0.4 is 10.6 Å². The first-order valence-corrected chi connectivity index (χ1v) is 43.1.